The minimum Gasteiger partial charge on any atom is -0.348 e. The highest BCUT2D eigenvalue weighted by molar-refractivity contribution is 7.80. The molecule has 1 N–H and O–H groups in total. The Hall–Kier alpha value is -2.02. The van der Waals surface area contributed by atoms with E-state index >= 15 is 0 Å². The van der Waals surface area contributed by atoms with Crippen molar-refractivity contribution in [1.82, 2.24) is 14.7 Å². The lowest BCUT2D eigenvalue weighted by atomic mass is 10.2. The van der Waals surface area contributed by atoms with Gasteiger partial charge in [0, 0.05) is 38.0 Å². The van der Waals surface area contributed by atoms with Gasteiger partial charge in [0.05, 0.1) is 11.4 Å². The van der Waals surface area contributed by atoms with E-state index < -0.39 is 11.6 Å². The first kappa shape index (κ1) is 16.4. The first-order chi connectivity index (χ1) is 10.4. The standard InChI is InChI=1S/C15H18F2N4S/c1-4-21-9-11(10(2)19-21)8-20(3)15(22)18-14-6-5-12(16)7-13(14)17/h5-7,9H,4,8H2,1-3H3,(H,18,22). The molecule has 7 heteroatoms. The summed E-state index contributed by atoms with van der Waals surface area (Å²) in [6.45, 7) is 5.31. The van der Waals surface area contributed by atoms with Crippen LogP contribution in [0.5, 0.6) is 0 Å². The van der Waals surface area contributed by atoms with Crippen molar-refractivity contribution in [2.24, 2.45) is 0 Å². The van der Waals surface area contributed by atoms with Gasteiger partial charge in [0.15, 0.2) is 5.11 Å². The van der Waals surface area contributed by atoms with Gasteiger partial charge >= 0.3 is 0 Å². The van der Waals surface area contributed by atoms with Crippen LogP contribution in [0.4, 0.5) is 14.5 Å². The molecule has 22 heavy (non-hydrogen) atoms. The van der Waals surface area contributed by atoms with Crippen molar-refractivity contribution in [3.05, 3.63) is 47.3 Å². The van der Waals surface area contributed by atoms with Crippen molar-refractivity contribution < 1.29 is 8.78 Å². The van der Waals surface area contributed by atoms with Gasteiger partial charge in [0.2, 0.25) is 0 Å². The smallest absolute Gasteiger partial charge is 0.173 e. The third kappa shape index (κ3) is 3.79. The first-order valence-electron chi connectivity index (χ1n) is 6.90. The van der Waals surface area contributed by atoms with E-state index in [4.69, 9.17) is 12.2 Å². The van der Waals surface area contributed by atoms with Gasteiger partial charge in [-0.25, -0.2) is 8.78 Å². The maximum atomic E-state index is 13.6. The Kier molecular flexibility index (Phi) is 5.07. The van der Waals surface area contributed by atoms with Gasteiger partial charge in [-0.3, -0.25) is 4.68 Å². The number of hydrogen-bond donors (Lipinski definition) is 1. The number of rotatable bonds is 4. The van der Waals surface area contributed by atoms with Gasteiger partial charge in [-0.2, -0.15) is 5.10 Å². The topological polar surface area (TPSA) is 33.1 Å². The van der Waals surface area contributed by atoms with Crippen LogP contribution in [0.2, 0.25) is 0 Å². The van der Waals surface area contributed by atoms with Gasteiger partial charge < -0.3 is 10.2 Å². The summed E-state index contributed by atoms with van der Waals surface area (Å²) in [5.41, 5.74) is 2.14. The summed E-state index contributed by atoms with van der Waals surface area (Å²) in [6.07, 6.45) is 1.97. The molecule has 0 radical (unpaired) electrons. The zero-order valence-corrected chi connectivity index (χ0v) is 13.5. The molecule has 1 heterocycles. The second-order valence-electron chi connectivity index (χ2n) is 5.01. The van der Waals surface area contributed by atoms with Crippen molar-refractivity contribution in [2.75, 3.05) is 12.4 Å². The molecule has 0 unspecified atom stereocenters. The summed E-state index contributed by atoms with van der Waals surface area (Å²) >= 11 is 5.26. The van der Waals surface area contributed by atoms with E-state index in [1.165, 1.54) is 12.1 Å². The Morgan fingerprint density at radius 2 is 2.14 bits per heavy atom. The second kappa shape index (κ2) is 6.83. The van der Waals surface area contributed by atoms with Crippen molar-refractivity contribution >= 4 is 23.0 Å². The summed E-state index contributed by atoms with van der Waals surface area (Å²) < 4.78 is 28.4. The van der Waals surface area contributed by atoms with E-state index in [1.807, 2.05) is 24.7 Å². The van der Waals surface area contributed by atoms with Crippen molar-refractivity contribution in [1.29, 1.82) is 0 Å². The van der Waals surface area contributed by atoms with Crippen LogP contribution in [0, 0.1) is 18.6 Å². The summed E-state index contributed by atoms with van der Waals surface area (Å²) in [5, 5.41) is 7.52. The van der Waals surface area contributed by atoms with Crippen molar-refractivity contribution in [3.8, 4) is 0 Å². The third-order valence-corrected chi connectivity index (χ3v) is 3.71. The Balaban J connectivity index is 2.04. The molecule has 0 aliphatic carbocycles. The average molecular weight is 324 g/mol. The number of aromatic nitrogens is 2. The van der Waals surface area contributed by atoms with E-state index in [1.54, 1.807) is 11.9 Å². The highest BCUT2D eigenvalue weighted by Crippen LogP contribution is 2.16. The van der Waals surface area contributed by atoms with Crippen molar-refractivity contribution in [2.45, 2.75) is 26.9 Å². The normalized spacial score (nSPS) is 10.6. The molecular weight excluding hydrogens is 306 g/mol. The lowest BCUT2D eigenvalue weighted by molar-refractivity contribution is 0.506. The van der Waals surface area contributed by atoms with E-state index in [0.29, 0.717) is 11.7 Å². The molecule has 0 aliphatic rings. The number of thiocarbonyl (C=S) groups is 1. The molecule has 0 fully saturated rings. The monoisotopic (exact) mass is 324 g/mol. The van der Waals surface area contributed by atoms with Crippen molar-refractivity contribution in [3.63, 3.8) is 0 Å². The maximum absolute atomic E-state index is 13.6. The SMILES string of the molecule is CCn1cc(CN(C)C(=S)Nc2ccc(F)cc2F)c(C)n1. The molecule has 0 saturated carbocycles. The van der Waals surface area contributed by atoms with Gasteiger partial charge in [-0.05, 0) is 38.2 Å². The van der Waals surface area contributed by atoms with Crippen LogP contribution in [0.3, 0.4) is 0 Å². The number of benzene rings is 1. The lowest BCUT2D eigenvalue weighted by Crippen LogP contribution is -2.31. The van der Waals surface area contributed by atoms with Gasteiger partial charge in [-0.15, -0.1) is 0 Å². The van der Waals surface area contributed by atoms with Crippen LogP contribution in [0.1, 0.15) is 18.2 Å². The molecule has 1 aromatic heterocycles. The van der Waals surface area contributed by atoms with E-state index in [9.17, 15) is 8.78 Å². The summed E-state index contributed by atoms with van der Waals surface area (Å²) in [4.78, 5) is 1.78. The summed E-state index contributed by atoms with van der Waals surface area (Å²) in [7, 11) is 1.81. The molecule has 0 spiro atoms. The summed E-state index contributed by atoms with van der Waals surface area (Å²) in [6, 6.07) is 3.33. The van der Waals surface area contributed by atoms with E-state index in [0.717, 1.165) is 23.9 Å². The third-order valence-electron chi connectivity index (χ3n) is 3.30. The highest BCUT2D eigenvalue weighted by Gasteiger charge is 2.12. The number of halogens is 2. The number of anilines is 1. The summed E-state index contributed by atoms with van der Waals surface area (Å²) in [5.74, 6) is -1.30. The predicted octanol–water partition coefficient (Wildman–Crippen LogP) is 3.32. The molecule has 118 valence electrons. The molecule has 2 rings (SSSR count). The van der Waals surface area contributed by atoms with Gasteiger partial charge in [-0.1, -0.05) is 0 Å². The Morgan fingerprint density at radius 1 is 1.41 bits per heavy atom. The average Bonchev–Trinajstić information content (AvgIpc) is 2.82. The maximum Gasteiger partial charge on any atom is 0.173 e. The fourth-order valence-corrected chi connectivity index (χ4v) is 2.18. The van der Waals surface area contributed by atoms with Gasteiger partial charge in [0.1, 0.15) is 11.6 Å². The minimum atomic E-state index is -0.675. The Bertz CT molecular complexity index is 684. The molecule has 0 aliphatic heterocycles. The number of nitrogens with zero attached hydrogens (tertiary/aromatic N) is 3. The highest BCUT2D eigenvalue weighted by atomic mass is 32.1. The molecular formula is C15H18F2N4S. The van der Waals surface area contributed by atoms with Crippen LogP contribution in [0.25, 0.3) is 0 Å². The van der Waals surface area contributed by atoms with Crippen LogP contribution in [0.15, 0.2) is 24.4 Å². The van der Waals surface area contributed by atoms with E-state index in [-0.39, 0.29) is 5.69 Å². The molecule has 0 atom stereocenters. The van der Waals surface area contributed by atoms with E-state index in [2.05, 4.69) is 10.4 Å². The fourth-order valence-electron chi connectivity index (χ4n) is 2.01. The second-order valence-corrected chi connectivity index (χ2v) is 5.39. The fraction of sp³-hybridized carbons (Fsp3) is 0.333. The lowest BCUT2D eigenvalue weighted by Gasteiger charge is -2.21. The quantitative estimate of drug-likeness (QED) is 0.875. The number of nitrogens with one attached hydrogen (secondary N) is 1. The molecule has 4 nitrogen and oxygen atoms in total. The Morgan fingerprint density at radius 3 is 2.73 bits per heavy atom. The minimum absolute atomic E-state index is 0.152. The Labute approximate surface area is 133 Å². The largest absolute Gasteiger partial charge is 0.348 e. The van der Waals surface area contributed by atoms with Crippen LogP contribution >= 0.6 is 12.2 Å². The predicted molar refractivity (Wildman–Crippen MR) is 86.7 cm³/mol. The van der Waals surface area contributed by atoms with Crippen LogP contribution < -0.4 is 5.32 Å². The molecule has 0 amide bonds. The van der Waals surface area contributed by atoms with Crippen LogP contribution in [-0.2, 0) is 13.1 Å². The number of hydrogen-bond acceptors (Lipinski definition) is 2. The first-order valence-corrected chi connectivity index (χ1v) is 7.31. The van der Waals surface area contributed by atoms with Crippen LogP contribution in [-0.4, -0.2) is 26.8 Å². The molecule has 1 aromatic carbocycles. The molecule has 2 aromatic rings. The number of aryl methyl sites for hydroxylation is 2. The van der Waals surface area contributed by atoms with Gasteiger partial charge in [0.25, 0.3) is 0 Å². The molecule has 0 saturated heterocycles. The zero-order chi connectivity index (χ0) is 16.3. The zero-order valence-electron chi connectivity index (χ0n) is 12.7. The molecule has 0 bridgehead atoms.